The fraction of sp³-hybridized carbons (Fsp3) is 0.143. The van der Waals surface area contributed by atoms with E-state index in [0.29, 0.717) is 17.0 Å². The van der Waals surface area contributed by atoms with Crippen molar-refractivity contribution in [2.45, 2.75) is 4.90 Å². The number of benzene rings is 1. The molecule has 0 saturated carbocycles. The Hall–Kier alpha value is -2.61. The molecule has 0 aliphatic carbocycles. The van der Waals surface area contributed by atoms with Crippen molar-refractivity contribution < 1.29 is 13.2 Å². The molecule has 3 aromatic rings. The van der Waals surface area contributed by atoms with E-state index < -0.39 is 9.84 Å². The Bertz CT molecular complexity index is 1020. The van der Waals surface area contributed by atoms with Gasteiger partial charge in [0.25, 0.3) is 5.56 Å². The zero-order valence-electron chi connectivity index (χ0n) is 11.9. The molecule has 0 bridgehead atoms. The minimum Gasteiger partial charge on any atom is -0.496 e. The van der Waals surface area contributed by atoms with Gasteiger partial charge in [0.05, 0.1) is 17.7 Å². The molecule has 114 valence electrons. The van der Waals surface area contributed by atoms with Gasteiger partial charge in [-0.3, -0.25) is 4.79 Å². The number of imidazole rings is 1. The summed E-state index contributed by atoms with van der Waals surface area (Å²) in [6.07, 6.45) is 6.00. The minimum absolute atomic E-state index is 0.162. The highest BCUT2D eigenvalue weighted by Crippen LogP contribution is 2.31. The maximum Gasteiger partial charge on any atom is 0.291 e. The highest BCUT2D eigenvalue weighted by Gasteiger charge is 2.15. The number of fused-ring (bicyclic) bond motifs is 1. The van der Waals surface area contributed by atoms with Crippen LogP contribution < -0.4 is 10.3 Å². The summed E-state index contributed by atoms with van der Waals surface area (Å²) in [7, 11) is -1.87. The SMILES string of the molecule is COc1cc(S(C)(=O)=O)ccc1-c1cn2cc[nH]c(=O)c2n1. The van der Waals surface area contributed by atoms with Gasteiger partial charge in [-0.15, -0.1) is 0 Å². The van der Waals surface area contributed by atoms with Gasteiger partial charge in [-0.25, -0.2) is 13.4 Å². The highest BCUT2D eigenvalue weighted by molar-refractivity contribution is 7.90. The minimum atomic E-state index is -3.33. The first-order valence-electron chi connectivity index (χ1n) is 6.35. The average Bonchev–Trinajstić information content (AvgIpc) is 2.91. The van der Waals surface area contributed by atoms with E-state index >= 15 is 0 Å². The predicted molar refractivity (Wildman–Crippen MR) is 80.9 cm³/mol. The van der Waals surface area contributed by atoms with Crippen LogP contribution in [0.2, 0.25) is 0 Å². The van der Waals surface area contributed by atoms with Crippen molar-refractivity contribution >= 4 is 15.5 Å². The molecule has 8 heteroatoms. The van der Waals surface area contributed by atoms with Gasteiger partial charge in [0.2, 0.25) is 5.65 Å². The fourth-order valence-electron chi connectivity index (χ4n) is 2.18. The fourth-order valence-corrected chi connectivity index (χ4v) is 2.81. The molecule has 7 nitrogen and oxygen atoms in total. The lowest BCUT2D eigenvalue weighted by Crippen LogP contribution is -2.07. The normalized spacial score (nSPS) is 11.7. The number of sulfone groups is 1. The third kappa shape index (κ3) is 2.37. The zero-order valence-corrected chi connectivity index (χ0v) is 12.7. The van der Waals surface area contributed by atoms with Crippen molar-refractivity contribution in [1.82, 2.24) is 14.4 Å². The number of rotatable bonds is 3. The van der Waals surface area contributed by atoms with Crippen LogP contribution in [0.4, 0.5) is 0 Å². The molecule has 0 aliphatic rings. The molecule has 0 aliphatic heterocycles. The number of hydrogen-bond donors (Lipinski definition) is 1. The summed E-state index contributed by atoms with van der Waals surface area (Å²) in [6.45, 7) is 0. The van der Waals surface area contributed by atoms with Gasteiger partial charge in [0, 0.05) is 30.4 Å². The number of methoxy groups -OCH3 is 1. The van der Waals surface area contributed by atoms with Crippen molar-refractivity contribution in [2.75, 3.05) is 13.4 Å². The van der Waals surface area contributed by atoms with E-state index in [-0.39, 0.29) is 16.1 Å². The summed E-state index contributed by atoms with van der Waals surface area (Å²) in [5, 5.41) is 0. The first-order chi connectivity index (χ1) is 10.4. The quantitative estimate of drug-likeness (QED) is 0.780. The maximum absolute atomic E-state index is 11.7. The van der Waals surface area contributed by atoms with Crippen molar-refractivity contribution in [1.29, 1.82) is 0 Å². The molecular weight excluding hydrogens is 306 g/mol. The third-order valence-electron chi connectivity index (χ3n) is 3.26. The van der Waals surface area contributed by atoms with E-state index in [4.69, 9.17) is 4.74 Å². The van der Waals surface area contributed by atoms with E-state index in [2.05, 4.69) is 9.97 Å². The van der Waals surface area contributed by atoms with Crippen LogP contribution in [0.3, 0.4) is 0 Å². The molecule has 2 aromatic heterocycles. The molecular formula is C14H13N3O4S. The second kappa shape index (κ2) is 4.99. The average molecular weight is 319 g/mol. The highest BCUT2D eigenvalue weighted by atomic mass is 32.2. The monoisotopic (exact) mass is 319 g/mol. The molecule has 0 fully saturated rings. The molecule has 0 saturated heterocycles. The molecule has 3 rings (SSSR count). The number of ether oxygens (including phenoxy) is 1. The van der Waals surface area contributed by atoms with Crippen LogP contribution in [0.5, 0.6) is 5.75 Å². The Morgan fingerprint density at radius 3 is 2.73 bits per heavy atom. The third-order valence-corrected chi connectivity index (χ3v) is 4.37. The van der Waals surface area contributed by atoms with Crippen molar-refractivity contribution in [3.63, 3.8) is 0 Å². The van der Waals surface area contributed by atoms with Gasteiger partial charge >= 0.3 is 0 Å². The standard InChI is InChI=1S/C14H13N3O4S/c1-21-12-7-9(22(2,19)20)3-4-10(12)11-8-17-6-5-15-14(18)13(17)16-11/h3-8H,1-2H3,(H,15,18). The molecule has 1 N–H and O–H groups in total. The largest absolute Gasteiger partial charge is 0.496 e. The summed E-state index contributed by atoms with van der Waals surface area (Å²) < 4.78 is 30.1. The lowest BCUT2D eigenvalue weighted by atomic mass is 10.1. The summed E-state index contributed by atoms with van der Waals surface area (Å²) in [5.74, 6) is 0.378. The van der Waals surface area contributed by atoms with Crippen LogP contribution in [0.25, 0.3) is 16.9 Å². The van der Waals surface area contributed by atoms with Gasteiger partial charge in [-0.05, 0) is 18.2 Å². The Labute approximate surface area is 126 Å². The molecule has 1 aromatic carbocycles. The smallest absolute Gasteiger partial charge is 0.291 e. The first kappa shape index (κ1) is 14.3. The van der Waals surface area contributed by atoms with E-state index in [1.54, 1.807) is 22.9 Å². The molecule has 0 unspecified atom stereocenters. The van der Waals surface area contributed by atoms with Gasteiger partial charge in [0.15, 0.2) is 9.84 Å². The van der Waals surface area contributed by atoms with Crippen LogP contribution >= 0.6 is 0 Å². The van der Waals surface area contributed by atoms with Crippen molar-refractivity contribution in [3.8, 4) is 17.0 Å². The van der Waals surface area contributed by atoms with E-state index in [1.165, 1.54) is 25.4 Å². The maximum atomic E-state index is 11.7. The summed E-state index contributed by atoms with van der Waals surface area (Å²) in [5.41, 5.74) is 1.08. The first-order valence-corrected chi connectivity index (χ1v) is 8.24. The Balaban J connectivity index is 2.22. The Morgan fingerprint density at radius 2 is 2.09 bits per heavy atom. The number of nitrogens with zero attached hydrogens (tertiary/aromatic N) is 2. The summed E-state index contributed by atoms with van der Waals surface area (Å²) in [4.78, 5) is 18.7. The van der Waals surface area contributed by atoms with Crippen LogP contribution in [0, 0.1) is 0 Å². The summed E-state index contributed by atoms with van der Waals surface area (Å²) >= 11 is 0. The van der Waals surface area contributed by atoms with Crippen LogP contribution in [-0.2, 0) is 9.84 Å². The van der Waals surface area contributed by atoms with Gasteiger partial charge in [0.1, 0.15) is 5.75 Å². The number of H-pyrrole nitrogens is 1. The molecule has 2 heterocycles. The topological polar surface area (TPSA) is 93.5 Å². The van der Waals surface area contributed by atoms with Crippen LogP contribution in [0.1, 0.15) is 0 Å². The second-order valence-electron chi connectivity index (χ2n) is 4.78. The van der Waals surface area contributed by atoms with Gasteiger partial charge in [-0.2, -0.15) is 0 Å². The number of aromatic amines is 1. The molecule has 0 spiro atoms. The van der Waals surface area contributed by atoms with E-state index in [1.807, 2.05) is 0 Å². The Kier molecular flexibility index (Phi) is 3.25. The van der Waals surface area contributed by atoms with Gasteiger partial charge in [-0.1, -0.05) is 0 Å². The Morgan fingerprint density at radius 1 is 1.32 bits per heavy atom. The van der Waals surface area contributed by atoms with Crippen LogP contribution in [0.15, 0.2) is 46.5 Å². The molecule has 0 amide bonds. The second-order valence-corrected chi connectivity index (χ2v) is 6.80. The van der Waals surface area contributed by atoms with Crippen molar-refractivity contribution in [3.05, 3.63) is 47.1 Å². The van der Waals surface area contributed by atoms with E-state index in [0.717, 1.165) is 6.26 Å². The lowest BCUT2D eigenvalue weighted by molar-refractivity contribution is 0.415. The van der Waals surface area contributed by atoms with Gasteiger partial charge < -0.3 is 14.1 Å². The van der Waals surface area contributed by atoms with E-state index in [9.17, 15) is 13.2 Å². The summed E-state index contributed by atoms with van der Waals surface area (Å²) in [6, 6.07) is 4.55. The zero-order chi connectivity index (χ0) is 15.9. The molecule has 0 atom stereocenters. The van der Waals surface area contributed by atoms with Crippen LogP contribution in [-0.4, -0.2) is 36.2 Å². The number of nitrogens with one attached hydrogen (secondary N) is 1. The number of hydrogen-bond acceptors (Lipinski definition) is 5. The molecule has 22 heavy (non-hydrogen) atoms. The predicted octanol–water partition coefficient (Wildman–Crippen LogP) is 1.10. The number of aromatic nitrogens is 3. The van der Waals surface area contributed by atoms with Crippen molar-refractivity contribution in [2.24, 2.45) is 0 Å². The molecule has 0 radical (unpaired) electrons. The lowest BCUT2D eigenvalue weighted by Gasteiger charge is -2.08.